The first-order chi connectivity index (χ1) is 17.4. The van der Waals surface area contributed by atoms with E-state index in [9.17, 15) is 13.2 Å². The molecule has 1 fully saturated rings. The fourth-order valence-corrected chi connectivity index (χ4v) is 4.94. The number of fused-ring (bicyclic) bond motifs is 1. The van der Waals surface area contributed by atoms with Crippen LogP contribution in [0.25, 0.3) is 16.8 Å². The number of anilines is 1. The molecule has 0 spiro atoms. The zero-order valence-corrected chi connectivity index (χ0v) is 20.2. The lowest BCUT2D eigenvalue weighted by atomic mass is 9.86. The van der Waals surface area contributed by atoms with Gasteiger partial charge in [-0.15, -0.1) is 0 Å². The average molecular weight is 499 g/mol. The number of ether oxygens (including phenoxy) is 1. The molecule has 3 heterocycles. The summed E-state index contributed by atoms with van der Waals surface area (Å²) in [6, 6.07) is 5.53. The molecule has 0 aliphatic heterocycles. The van der Waals surface area contributed by atoms with Crippen molar-refractivity contribution in [2.24, 2.45) is 5.92 Å². The predicted molar refractivity (Wildman–Crippen MR) is 131 cm³/mol. The molecule has 1 aromatic carbocycles. The van der Waals surface area contributed by atoms with E-state index in [1.165, 1.54) is 37.5 Å². The normalized spacial score (nSPS) is 19.1. The van der Waals surface area contributed by atoms with E-state index in [0.29, 0.717) is 29.0 Å². The molecule has 7 nitrogen and oxygen atoms in total. The molecular formula is C26H29F3N6O. The van der Waals surface area contributed by atoms with Crippen LogP contribution in [0.2, 0.25) is 0 Å². The molecule has 0 saturated heterocycles. The summed E-state index contributed by atoms with van der Waals surface area (Å²) in [6.45, 7) is 3.31. The third-order valence-corrected chi connectivity index (χ3v) is 6.86. The average Bonchev–Trinajstić information content (AvgIpc) is 3.50. The van der Waals surface area contributed by atoms with Crippen LogP contribution in [0, 0.1) is 11.7 Å². The maximum absolute atomic E-state index is 13.9. The molecule has 190 valence electrons. The second-order valence-electron chi connectivity index (χ2n) is 9.43. The van der Waals surface area contributed by atoms with Crippen molar-refractivity contribution >= 4 is 11.5 Å². The molecule has 5 rings (SSSR count). The minimum Gasteiger partial charge on any atom is -0.487 e. The van der Waals surface area contributed by atoms with Gasteiger partial charge >= 0.3 is 0 Å². The molecule has 3 unspecified atom stereocenters. The van der Waals surface area contributed by atoms with E-state index in [2.05, 4.69) is 33.3 Å². The van der Waals surface area contributed by atoms with Gasteiger partial charge in [-0.3, -0.25) is 4.68 Å². The maximum Gasteiger partial charge on any atom is 0.272 e. The quantitative estimate of drug-likeness (QED) is 0.309. The lowest BCUT2D eigenvalue weighted by Crippen LogP contribution is -2.21. The highest BCUT2D eigenvalue weighted by Gasteiger charge is 2.24. The van der Waals surface area contributed by atoms with Crippen LogP contribution in [0.1, 0.15) is 57.2 Å². The largest absolute Gasteiger partial charge is 0.487 e. The predicted octanol–water partition coefficient (Wildman–Crippen LogP) is 6.30. The Bertz CT molecular complexity index is 1340. The molecule has 1 aliphatic rings. The molecule has 4 aromatic rings. The second kappa shape index (κ2) is 10.2. The van der Waals surface area contributed by atoms with E-state index in [1.54, 1.807) is 29.9 Å². The molecule has 0 bridgehead atoms. The van der Waals surface area contributed by atoms with Crippen LogP contribution < -0.4 is 10.1 Å². The number of aromatic nitrogens is 5. The first kappa shape index (κ1) is 24.1. The van der Waals surface area contributed by atoms with Gasteiger partial charge in [0.1, 0.15) is 24.0 Å². The molecule has 1 saturated carbocycles. The van der Waals surface area contributed by atoms with Gasteiger partial charge in [0.05, 0.1) is 24.5 Å². The van der Waals surface area contributed by atoms with Crippen molar-refractivity contribution < 1.29 is 17.9 Å². The fourth-order valence-electron chi connectivity index (χ4n) is 4.94. The first-order valence-electron chi connectivity index (χ1n) is 12.2. The molecule has 1 N–H and O–H groups in total. The lowest BCUT2D eigenvalue weighted by molar-refractivity contribution is 0.0813. The van der Waals surface area contributed by atoms with Crippen molar-refractivity contribution in [2.75, 3.05) is 11.9 Å². The Hall–Kier alpha value is -3.56. The lowest BCUT2D eigenvalue weighted by Gasteiger charge is -2.28. The third-order valence-electron chi connectivity index (χ3n) is 6.86. The van der Waals surface area contributed by atoms with Crippen LogP contribution in [-0.2, 0) is 0 Å². The van der Waals surface area contributed by atoms with Crippen LogP contribution in [0.4, 0.5) is 19.0 Å². The van der Waals surface area contributed by atoms with Gasteiger partial charge in [-0.1, -0.05) is 19.8 Å². The summed E-state index contributed by atoms with van der Waals surface area (Å²) in [7, 11) is 0. The molecule has 3 aromatic heterocycles. The summed E-state index contributed by atoms with van der Waals surface area (Å²) in [6.07, 6.45) is 9.67. The van der Waals surface area contributed by atoms with Gasteiger partial charge < -0.3 is 10.1 Å². The molecule has 10 heteroatoms. The van der Waals surface area contributed by atoms with E-state index in [0.717, 1.165) is 17.5 Å². The van der Waals surface area contributed by atoms with Crippen molar-refractivity contribution in [1.29, 1.82) is 0 Å². The highest BCUT2D eigenvalue weighted by atomic mass is 19.3. The number of halogens is 3. The standard InChI is InChI=1S/C26H29F3N6O/c1-16-5-3-4-6-22(16)35-14-18(12-30-35)21-13-31-34-10-9-25(33-26(21)34)32-17(2)20-11-19(27)7-8-23(20)36-15-24(28)29/h7-14,16-17,22,24H,3-6,15H2,1-2H3,(H,32,33). The van der Waals surface area contributed by atoms with Gasteiger partial charge in [-0.2, -0.15) is 10.2 Å². The van der Waals surface area contributed by atoms with Gasteiger partial charge in [-0.25, -0.2) is 22.7 Å². The molecule has 3 atom stereocenters. The number of benzene rings is 1. The monoisotopic (exact) mass is 498 g/mol. The summed E-state index contributed by atoms with van der Waals surface area (Å²) in [5, 5.41) is 12.3. The van der Waals surface area contributed by atoms with E-state index in [1.807, 2.05) is 6.20 Å². The van der Waals surface area contributed by atoms with Crippen molar-refractivity contribution in [3.05, 3.63) is 60.4 Å². The number of hydrogen-bond donors (Lipinski definition) is 1. The number of nitrogens with zero attached hydrogens (tertiary/aromatic N) is 5. The molecule has 1 aliphatic carbocycles. The smallest absolute Gasteiger partial charge is 0.272 e. The number of nitrogens with one attached hydrogen (secondary N) is 1. The second-order valence-corrected chi connectivity index (χ2v) is 9.43. The SMILES string of the molecule is CC(Nc1ccn2ncc(-c3cnn(C4CCCCC4C)c3)c2n1)c1cc(F)ccc1OCC(F)F. The van der Waals surface area contributed by atoms with Crippen molar-refractivity contribution in [3.8, 4) is 16.9 Å². The van der Waals surface area contributed by atoms with Crippen LogP contribution in [0.15, 0.2) is 49.1 Å². The Morgan fingerprint density at radius 2 is 1.97 bits per heavy atom. The van der Waals surface area contributed by atoms with Crippen molar-refractivity contribution in [1.82, 2.24) is 24.4 Å². The Kier molecular flexibility index (Phi) is 6.84. The fraction of sp³-hybridized carbons (Fsp3) is 0.423. The summed E-state index contributed by atoms with van der Waals surface area (Å²) in [5.41, 5.74) is 2.87. The highest BCUT2D eigenvalue weighted by molar-refractivity contribution is 5.76. The van der Waals surface area contributed by atoms with E-state index < -0.39 is 24.9 Å². The topological polar surface area (TPSA) is 69.3 Å². The molecule has 36 heavy (non-hydrogen) atoms. The summed E-state index contributed by atoms with van der Waals surface area (Å²) in [5.74, 6) is 0.846. The third kappa shape index (κ3) is 5.03. The van der Waals surface area contributed by atoms with Crippen LogP contribution >= 0.6 is 0 Å². The Labute approximate surface area is 207 Å². The van der Waals surface area contributed by atoms with Gasteiger partial charge in [0.15, 0.2) is 5.65 Å². The van der Waals surface area contributed by atoms with Gasteiger partial charge in [-0.05, 0) is 49.9 Å². The zero-order valence-electron chi connectivity index (χ0n) is 20.2. The van der Waals surface area contributed by atoms with E-state index in [4.69, 9.17) is 9.72 Å². The van der Waals surface area contributed by atoms with Gasteiger partial charge in [0.25, 0.3) is 6.43 Å². The molecular weight excluding hydrogens is 469 g/mol. The Morgan fingerprint density at radius 1 is 1.14 bits per heavy atom. The molecule has 0 amide bonds. The minimum absolute atomic E-state index is 0.201. The number of rotatable bonds is 8. The van der Waals surface area contributed by atoms with Crippen molar-refractivity contribution in [2.45, 2.75) is 58.0 Å². The Balaban J connectivity index is 1.39. The van der Waals surface area contributed by atoms with Gasteiger partial charge in [0.2, 0.25) is 0 Å². The number of alkyl halides is 2. The maximum atomic E-state index is 13.9. The minimum atomic E-state index is -2.62. The summed E-state index contributed by atoms with van der Waals surface area (Å²) >= 11 is 0. The van der Waals surface area contributed by atoms with Crippen molar-refractivity contribution in [3.63, 3.8) is 0 Å². The number of hydrogen-bond acceptors (Lipinski definition) is 5. The van der Waals surface area contributed by atoms with Crippen LogP contribution in [0.3, 0.4) is 0 Å². The first-order valence-corrected chi connectivity index (χ1v) is 12.2. The summed E-state index contributed by atoms with van der Waals surface area (Å²) in [4.78, 5) is 4.74. The molecule has 0 radical (unpaired) electrons. The Morgan fingerprint density at radius 3 is 2.78 bits per heavy atom. The highest BCUT2D eigenvalue weighted by Crippen LogP contribution is 2.35. The summed E-state index contributed by atoms with van der Waals surface area (Å²) < 4.78 is 48.2. The zero-order chi connectivity index (χ0) is 25.2. The van der Waals surface area contributed by atoms with Crippen LogP contribution in [0.5, 0.6) is 5.75 Å². The van der Waals surface area contributed by atoms with Crippen LogP contribution in [-0.4, -0.2) is 37.4 Å². The van der Waals surface area contributed by atoms with E-state index >= 15 is 0 Å². The van der Waals surface area contributed by atoms with Gasteiger partial charge in [0, 0.05) is 29.1 Å². The van der Waals surface area contributed by atoms with E-state index in [-0.39, 0.29) is 5.75 Å².